The number of amides is 1. The quantitative estimate of drug-likeness (QED) is 0.617. The molecule has 0 atom stereocenters. The fourth-order valence-corrected chi connectivity index (χ4v) is 5.54. The maximum absolute atomic E-state index is 13.2. The van der Waals surface area contributed by atoms with Crippen molar-refractivity contribution in [1.82, 2.24) is 19.2 Å². The third kappa shape index (κ3) is 4.31. The zero-order valence-corrected chi connectivity index (χ0v) is 18.8. The lowest BCUT2D eigenvalue weighted by molar-refractivity contribution is 0.0949. The van der Waals surface area contributed by atoms with Gasteiger partial charge in [-0.3, -0.25) is 14.6 Å². The first kappa shape index (κ1) is 22.2. The van der Waals surface area contributed by atoms with Crippen molar-refractivity contribution in [2.24, 2.45) is 0 Å². The Kier molecular flexibility index (Phi) is 6.38. The van der Waals surface area contributed by atoms with E-state index in [-0.39, 0.29) is 22.4 Å². The molecular weight excluding hydrogens is 428 g/mol. The minimum Gasteiger partial charge on any atom is -0.348 e. The van der Waals surface area contributed by atoms with Gasteiger partial charge in [0.15, 0.2) is 0 Å². The van der Waals surface area contributed by atoms with Crippen LogP contribution in [0, 0.1) is 0 Å². The van der Waals surface area contributed by atoms with Crippen molar-refractivity contribution in [1.29, 1.82) is 0 Å². The van der Waals surface area contributed by atoms with E-state index in [0.29, 0.717) is 25.2 Å². The van der Waals surface area contributed by atoms with E-state index in [1.807, 2.05) is 13.0 Å². The molecule has 1 aliphatic heterocycles. The number of carbonyl (C=O) groups excluding carboxylic acids is 1. The summed E-state index contributed by atoms with van der Waals surface area (Å²) in [6, 6.07) is 8.20. The molecule has 168 valence electrons. The summed E-state index contributed by atoms with van der Waals surface area (Å²) in [5.41, 5.74) is 0.908. The largest absolute Gasteiger partial charge is 0.348 e. The highest BCUT2D eigenvalue weighted by molar-refractivity contribution is 7.89. The summed E-state index contributed by atoms with van der Waals surface area (Å²) in [5, 5.41) is 2.97. The smallest absolute Gasteiger partial charge is 0.257 e. The number of benzene rings is 1. The molecule has 1 aromatic carbocycles. The molecule has 4 rings (SSSR count). The number of hydrogen-bond acceptors (Lipinski definition) is 5. The highest BCUT2D eigenvalue weighted by Crippen LogP contribution is 2.23. The summed E-state index contributed by atoms with van der Waals surface area (Å²) in [6.07, 6.45) is 7.49. The second-order valence-electron chi connectivity index (χ2n) is 7.85. The van der Waals surface area contributed by atoms with Crippen LogP contribution in [0.15, 0.2) is 58.6 Å². The fraction of sp³-hybridized carbons (Fsp3) is 0.348. The number of hydrogen-bond donors (Lipinski definition) is 1. The molecule has 8 nitrogen and oxygen atoms in total. The summed E-state index contributed by atoms with van der Waals surface area (Å²) in [7, 11) is -3.69. The Morgan fingerprint density at radius 1 is 1.16 bits per heavy atom. The number of fused-ring (bicyclic) bond motifs is 1. The van der Waals surface area contributed by atoms with Crippen molar-refractivity contribution < 1.29 is 13.2 Å². The maximum atomic E-state index is 13.2. The lowest BCUT2D eigenvalue weighted by Gasteiger charge is -2.26. The van der Waals surface area contributed by atoms with E-state index in [0.717, 1.165) is 24.8 Å². The maximum Gasteiger partial charge on any atom is 0.257 e. The fourth-order valence-electron chi connectivity index (χ4n) is 3.99. The number of pyridine rings is 2. The van der Waals surface area contributed by atoms with Crippen LogP contribution in [0.1, 0.15) is 42.1 Å². The lowest BCUT2D eigenvalue weighted by Crippen LogP contribution is -2.35. The summed E-state index contributed by atoms with van der Waals surface area (Å²) in [4.78, 5) is 30.1. The van der Waals surface area contributed by atoms with E-state index in [1.54, 1.807) is 35.2 Å². The molecule has 9 heteroatoms. The molecule has 1 amide bonds. The van der Waals surface area contributed by atoms with Crippen LogP contribution in [0.4, 0.5) is 0 Å². The van der Waals surface area contributed by atoms with E-state index in [2.05, 4.69) is 10.3 Å². The average Bonchev–Trinajstić information content (AvgIpc) is 2.84. The van der Waals surface area contributed by atoms with Gasteiger partial charge in [0.25, 0.3) is 5.91 Å². The standard InChI is InChI=1S/C23H26N4O4S/c1-2-26-16-20(23(29)25-15-17-7-6-10-24-14-17)22(28)19-13-18(8-9-21(19)26)32(30,31)27-11-4-3-5-12-27/h6-10,13-14,16H,2-5,11-12,15H2,1H3,(H,25,29). The van der Waals surface area contributed by atoms with Crippen LogP contribution >= 0.6 is 0 Å². The van der Waals surface area contributed by atoms with Gasteiger partial charge in [0.1, 0.15) is 5.56 Å². The van der Waals surface area contributed by atoms with Crippen molar-refractivity contribution in [2.75, 3.05) is 13.1 Å². The van der Waals surface area contributed by atoms with Gasteiger partial charge in [-0.05, 0) is 49.6 Å². The zero-order chi connectivity index (χ0) is 22.7. The van der Waals surface area contributed by atoms with E-state index in [4.69, 9.17) is 0 Å². The summed E-state index contributed by atoms with van der Waals surface area (Å²) >= 11 is 0. The molecule has 3 heterocycles. The predicted molar refractivity (Wildman–Crippen MR) is 122 cm³/mol. The van der Waals surface area contributed by atoms with Gasteiger partial charge in [-0.15, -0.1) is 0 Å². The summed E-state index contributed by atoms with van der Waals surface area (Å²) < 4.78 is 29.5. The number of piperidine rings is 1. The number of aromatic nitrogens is 2. The second-order valence-corrected chi connectivity index (χ2v) is 9.78. The Hall–Kier alpha value is -3.04. The summed E-state index contributed by atoms with van der Waals surface area (Å²) in [6.45, 7) is 3.63. The molecule has 1 saturated heterocycles. The molecule has 3 aromatic rings. The first-order valence-electron chi connectivity index (χ1n) is 10.8. The van der Waals surface area contributed by atoms with Gasteiger partial charge in [0.2, 0.25) is 15.5 Å². The first-order valence-corrected chi connectivity index (χ1v) is 12.2. The minimum atomic E-state index is -3.69. The normalized spacial score (nSPS) is 15.0. The average molecular weight is 455 g/mol. The van der Waals surface area contributed by atoms with Crippen LogP contribution in [-0.2, 0) is 23.1 Å². The molecule has 0 unspecified atom stereocenters. The molecule has 32 heavy (non-hydrogen) atoms. The minimum absolute atomic E-state index is 0.0178. The van der Waals surface area contributed by atoms with Gasteiger partial charge in [0.05, 0.1) is 10.4 Å². The number of nitrogens with one attached hydrogen (secondary N) is 1. The number of carbonyl (C=O) groups is 1. The molecule has 0 saturated carbocycles. The Labute approximate surface area is 186 Å². The van der Waals surface area contributed by atoms with Crippen LogP contribution < -0.4 is 10.7 Å². The van der Waals surface area contributed by atoms with Crippen LogP contribution in [-0.4, -0.2) is 41.3 Å². The van der Waals surface area contributed by atoms with E-state index >= 15 is 0 Å². The van der Waals surface area contributed by atoms with Crippen LogP contribution in [0.5, 0.6) is 0 Å². The zero-order valence-electron chi connectivity index (χ0n) is 18.0. The van der Waals surface area contributed by atoms with Crippen molar-refractivity contribution in [3.05, 3.63) is 70.3 Å². The third-order valence-corrected chi connectivity index (χ3v) is 7.66. The predicted octanol–water partition coefficient (Wildman–Crippen LogP) is 2.52. The number of sulfonamides is 1. The Morgan fingerprint density at radius 2 is 1.94 bits per heavy atom. The van der Waals surface area contributed by atoms with E-state index in [1.165, 1.54) is 16.6 Å². The van der Waals surface area contributed by atoms with Crippen LogP contribution in [0.2, 0.25) is 0 Å². The van der Waals surface area contributed by atoms with Gasteiger partial charge < -0.3 is 9.88 Å². The molecule has 2 aromatic heterocycles. The van der Waals surface area contributed by atoms with Crippen molar-refractivity contribution in [3.8, 4) is 0 Å². The topological polar surface area (TPSA) is 101 Å². The number of rotatable bonds is 6. The molecule has 0 aliphatic carbocycles. The monoisotopic (exact) mass is 454 g/mol. The molecule has 0 bridgehead atoms. The van der Waals surface area contributed by atoms with E-state index in [9.17, 15) is 18.0 Å². The van der Waals surface area contributed by atoms with Crippen molar-refractivity contribution in [3.63, 3.8) is 0 Å². The third-order valence-electron chi connectivity index (χ3n) is 5.77. The molecule has 1 fully saturated rings. The van der Waals surface area contributed by atoms with E-state index < -0.39 is 21.4 Å². The highest BCUT2D eigenvalue weighted by atomic mass is 32.2. The number of nitrogens with zero attached hydrogens (tertiary/aromatic N) is 3. The molecule has 0 radical (unpaired) electrons. The molecular formula is C23H26N4O4S. The van der Waals surface area contributed by atoms with Crippen molar-refractivity contribution >= 4 is 26.8 Å². The SMILES string of the molecule is CCn1cc(C(=O)NCc2cccnc2)c(=O)c2cc(S(=O)(=O)N3CCCCC3)ccc21. The Balaban J connectivity index is 1.72. The lowest BCUT2D eigenvalue weighted by atomic mass is 10.1. The first-order chi connectivity index (χ1) is 15.4. The van der Waals surface area contributed by atoms with Gasteiger partial charge in [0, 0.05) is 50.2 Å². The van der Waals surface area contributed by atoms with Gasteiger partial charge in [-0.2, -0.15) is 4.31 Å². The van der Waals surface area contributed by atoms with Gasteiger partial charge in [-0.25, -0.2) is 8.42 Å². The van der Waals surface area contributed by atoms with Gasteiger partial charge >= 0.3 is 0 Å². The molecule has 1 N–H and O–H groups in total. The highest BCUT2D eigenvalue weighted by Gasteiger charge is 2.27. The molecule has 0 spiro atoms. The Morgan fingerprint density at radius 3 is 2.62 bits per heavy atom. The van der Waals surface area contributed by atoms with Gasteiger partial charge in [-0.1, -0.05) is 12.5 Å². The second kappa shape index (κ2) is 9.22. The van der Waals surface area contributed by atoms with Crippen LogP contribution in [0.3, 0.4) is 0 Å². The molecule has 1 aliphatic rings. The van der Waals surface area contributed by atoms with Crippen LogP contribution in [0.25, 0.3) is 10.9 Å². The Bertz CT molecular complexity index is 1300. The number of aryl methyl sites for hydroxylation is 1. The van der Waals surface area contributed by atoms with Crippen molar-refractivity contribution in [2.45, 2.75) is 44.2 Å². The summed E-state index contributed by atoms with van der Waals surface area (Å²) in [5.74, 6) is -0.507.